The van der Waals surface area contributed by atoms with Gasteiger partial charge in [0.1, 0.15) is 6.04 Å². The molecule has 0 saturated carbocycles. The highest BCUT2D eigenvalue weighted by Gasteiger charge is 2.34. The Morgan fingerprint density at radius 1 is 1.12 bits per heavy atom. The first-order chi connectivity index (χ1) is 12.2. The molecule has 3 rings (SSSR count). The average molecular weight is 373 g/mol. The van der Waals surface area contributed by atoms with Crippen molar-refractivity contribution in [3.63, 3.8) is 0 Å². The molecule has 0 saturated heterocycles. The summed E-state index contributed by atoms with van der Waals surface area (Å²) in [5.74, 6) is -1.64. The summed E-state index contributed by atoms with van der Waals surface area (Å²) in [6, 6.07) is 12.9. The van der Waals surface area contributed by atoms with E-state index in [1.54, 1.807) is 18.2 Å². The van der Waals surface area contributed by atoms with Crippen LogP contribution in [0.15, 0.2) is 48.5 Å². The van der Waals surface area contributed by atoms with Crippen molar-refractivity contribution in [1.29, 1.82) is 0 Å². The van der Waals surface area contributed by atoms with E-state index in [1.165, 1.54) is 11.0 Å². The number of benzene rings is 2. The number of hydrogen-bond acceptors (Lipinski definition) is 4. The molecule has 0 radical (unpaired) electrons. The molecule has 0 aliphatic carbocycles. The number of carboxylic acid groups (broad SMARTS) is 1. The van der Waals surface area contributed by atoms with E-state index < -0.39 is 27.8 Å². The van der Waals surface area contributed by atoms with Crippen LogP contribution >= 0.6 is 0 Å². The van der Waals surface area contributed by atoms with Crippen LogP contribution in [0.4, 0.5) is 0 Å². The van der Waals surface area contributed by atoms with Gasteiger partial charge in [0, 0.05) is 24.8 Å². The Kier molecular flexibility index (Phi) is 4.82. The molecule has 0 bridgehead atoms. The number of sulfone groups is 1. The van der Waals surface area contributed by atoms with Gasteiger partial charge < -0.3 is 10.0 Å². The fraction of sp³-hybridized carbons (Fsp3) is 0.263. The Hall–Kier alpha value is -2.67. The topological polar surface area (TPSA) is 91.8 Å². The average Bonchev–Trinajstić information content (AvgIpc) is 2.58. The molecule has 0 aromatic heterocycles. The van der Waals surface area contributed by atoms with Crippen molar-refractivity contribution in [3.8, 4) is 0 Å². The number of aliphatic carboxylic acids is 1. The Labute approximate surface area is 152 Å². The predicted octanol–water partition coefficient (Wildman–Crippen LogP) is 1.88. The Balaban J connectivity index is 1.93. The molecule has 1 aliphatic heterocycles. The van der Waals surface area contributed by atoms with Gasteiger partial charge in [0.05, 0.1) is 5.75 Å². The number of carbonyl (C=O) groups is 2. The third kappa shape index (κ3) is 3.94. The van der Waals surface area contributed by atoms with Crippen LogP contribution in [0.25, 0.3) is 0 Å². The highest BCUT2D eigenvalue weighted by Crippen LogP contribution is 2.25. The molecule has 26 heavy (non-hydrogen) atoms. The summed E-state index contributed by atoms with van der Waals surface area (Å²) in [4.78, 5) is 26.0. The van der Waals surface area contributed by atoms with Crippen molar-refractivity contribution < 1.29 is 23.1 Å². The SMILES string of the molecule is CS(=O)(=O)Cc1cccc(C(=O)N2Cc3ccccc3C[C@@H]2C(=O)O)c1. The minimum atomic E-state index is -3.23. The maximum atomic E-state index is 13.0. The van der Waals surface area contributed by atoms with Gasteiger partial charge in [0.15, 0.2) is 9.84 Å². The predicted molar refractivity (Wildman–Crippen MR) is 96.4 cm³/mol. The maximum Gasteiger partial charge on any atom is 0.326 e. The first kappa shape index (κ1) is 18.1. The number of rotatable bonds is 4. The van der Waals surface area contributed by atoms with Gasteiger partial charge in [-0.25, -0.2) is 13.2 Å². The van der Waals surface area contributed by atoms with Crippen LogP contribution in [0.2, 0.25) is 0 Å². The smallest absolute Gasteiger partial charge is 0.326 e. The lowest BCUT2D eigenvalue weighted by molar-refractivity contribution is -0.142. The summed E-state index contributed by atoms with van der Waals surface area (Å²) in [5, 5.41) is 9.56. The summed E-state index contributed by atoms with van der Waals surface area (Å²) in [5.41, 5.74) is 2.64. The van der Waals surface area contributed by atoms with Crippen molar-refractivity contribution in [2.45, 2.75) is 24.8 Å². The second kappa shape index (κ2) is 6.92. The Morgan fingerprint density at radius 3 is 2.46 bits per heavy atom. The third-order valence-electron chi connectivity index (χ3n) is 4.40. The standard InChI is InChI=1S/C19H19NO5S/c1-26(24,25)12-13-5-4-8-15(9-13)18(21)20-11-16-7-3-2-6-14(16)10-17(20)19(22)23/h2-9,17H,10-12H2,1H3,(H,22,23)/t17-/m1/s1. The zero-order valence-corrected chi connectivity index (χ0v) is 15.1. The van der Waals surface area contributed by atoms with E-state index >= 15 is 0 Å². The normalized spacial score (nSPS) is 16.8. The van der Waals surface area contributed by atoms with E-state index in [4.69, 9.17) is 0 Å². The fourth-order valence-electron chi connectivity index (χ4n) is 3.22. The largest absolute Gasteiger partial charge is 0.480 e. The van der Waals surface area contributed by atoms with Crippen molar-refractivity contribution >= 4 is 21.7 Å². The van der Waals surface area contributed by atoms with Gasteiger partial charge in [-0.1, -0.05) is 36.4 Å². The molecular formula is C19H19NO5S. The Bertz CT molecular complexity index is 967. The van der Waals surface area contributed by atoms with Gasteiger partial charge >= 0.3 is 5.97 Å². The van der Waals surface area contributed by atoms with Gasteiger partial charge in [0.2, 0.25) is 0 Å². The number of amides is 1. The van der Waals surface area contributed by atoms with Crippen LogP contribution in [-0.2, 0) is 33.4 Å². The van der Waals surface area contributed by atoms with Gasteiger partial charge in [0.25, 0.3) is 5.91 Å². The first-order valence-electron chi connectivity index (χ1n) is 8.12. The number of carbonyl (C=O) groups excluding carboxylic acids is 1. The highest BCUT2D eigenvalue weighted by molar-refractivity contribution is 7.89. The van der Waals surface area contributed by atoms with Crippen molar-refractivity contribution in [2.75, 3.05) is 6.26 Å². The Morgan fingerprint density at radius 2 is 1.81 bits per heavy atom. The summed E-state index contributed by atoms with van der Waals surface area (Å²) in [7, 11) is -3.23. The lowest BCUT2D eigenvalue weighted by Crippen LogP contribution is -2.48. The fourth-order valence-corrected chi connectivity index (χ4v) is 4.00. The zero-order valence-electron chi connectivity index (χ0n) is 14.3. The quantitative estimate of drug-likeness (QED) is 0.884. The molecule has 1 heterocycles. The van der Waals surface area contributed by atoms with E-state index in [9.17, 15) is 23.1 Å². The summed E-state index contributed by atoms with van der Waals surface area (Å²) in [6.07, 6.45) is 1.38. The molecular weight excluding hydrogens is 354 g/mol. The van der Waals surface area contributed by atoms with E-state index in [1.807, 2.05) is 24.3 Å². The van der Waals surface area contributed by atoms with E-state index in [0.29, 0.717) is 5.56 Å². The molecule has 0 unspecified atom stereocenters. The van der Waals surface area contributed by atoms with E-state index in [-0.39, 0.29) is 24.3 Å². The monoisotopic (exact) mass is 373 g/mol. The highest BCUT2D eigenvalue weighted by atomic mass is 32.2. The lowest BCUT2D eigenvalue weighted by Gasteiger charge is -2.34. The molecule has 136 valence electrons. The second-order valence-corrected chi connectivity index (χ2v) is 8.67. The molecule has 6 nitrogen and oxygen atoms in total. The number of carboxylic acids is 1. The number of hydrogen-bond donors (Lipinski definition) is 1. The van der Waals surface area contributed by atoms with Gasteiger partial charge in [-0.05, 0) is 28.8 Å². The summed E-state index contributed by atoms with van der Waals surface area (Å²) >= 11 is 0. The summed E-state index contributed by atoms with van der Waals surface area (Å²) < 4.78 is 23.0. The molecule has 0 spiro atoms. The molecule has 2 aromatic rings. The van der Waals surface area contributed by atoms with Gasteiger partial charge in [-0.3, -0.25) is 4.79 Å². The van der Waals surface area contributed by atoms with Crippen LogP contribution in [0.1, 0.15) is 27.0 Å². The molecule has 7 heteroatoms. The lowest BCUT2D eigenvalue weighted by atomic mass is 9.93. The van der Waals surface area contributed by atoms with E-state index in [2.05, 4.69) is 0 Å². The van der Waals surface area contributed by atoms with Crippen LogP contribution in [0.3, 0.4) is 0 Å². The van der Waals surface area contributed by atoms with Gasteiger partial charge in [-0.2, -0.15) is 0 Å². The van der Waals surface area contributed by atoms with Crippen LogP contribution in [0, 0.1) is 0 Å². The number of nitrogens with zero attached hydrogens (tertiary/aromatic N) is 1. The van der Waals surface area contributed by atoms with Crippen molar-refractivity contribution in [3.05, 3.63) is 70.8 Å². The van der Waals surface area contributed by atoms with Crippen LogP contribution < -0.4 is 0 Å². The second-order valence-electron chi connectivity index (χ2n) is 6.53. The van der Waals surface area contributed by atoms with Crippen molar-refractivity contribution in [2.24, 2.45) is 0 Å². The minimum absolute atomic E-state index is 0.167. The van der Waals surface area contributed by atoms with Crippen LogP contribution in [-0.4, -0.2) is 42.6 Å². The number of fused-ring (bicyclic) bond motifs is 1. The minimum Gasteiger partial charge on any atom is -0.480 e. The molecule has 1 amide bonds. The summed E-state index contributed by atoms with van der Waals surface area (Å²) in [6.45, 7) is 0.211. The third-order valence-corrected chi connectivity index (χ3v) is 5.25. The van der Waals surface area contributed by atoms with Crippen molar-refractivity contribution in [1.82, 2.24) is 4.90 Å². The van der Waals surface area contributed by atoms with Gasteiger partial charge in [-0.15, -0.1) is 0 Å². The molecule has 0 fully saturated rings. The van der Waals surface area contributed by atoms with Crippen LogP contribution in [0.5, 0.6) is 0 Å². The maximum absolute atomic E-state index is 13.0. The molecule has 2 aromatic carbocycles. The first-order valence-corrected chi connectivity index (χ1v) is 10.2. The molecule has 1 N–H and O–H groups in total. The molecule has 1 aliphatic rings. The zero-order chi connectivity index (χ0) is 18.9. The molecule has 1 atom stereocenters. The van der Waals surface area contributed by atoms with E-state index in [0.717, 1.165) is 17.4 Å².